The second-order valence-corrected chi connectivity index (χ2v) is 6.05. The lowest BCUT2D eigenvalue weighted by Crippen LogP contribution is -2.04. The van der Waals surface area contributed by atoms with E-state index in [1.54, 1.807) is 30.3 Å². The van der Waals surface area contributed by atoms with Crippen LogP contribution in [0.3, 0.4) is 0 Å². The van der Waals surface area contributed by atoms with Crippen molar-refractivity contribution in [3.63, 3.8) is 0 Å². The Balaban J connectivity index is 2.02. The number of fused-ring (bicyclic) bond motifs is 1. The Kier molecular flexibility index (Phi) is 4.69. The average molecular weight is 417 g/mol. The zero-order valence-electron chi connectivity index (χ0n) is 12.1. The van der Waals surface area contributed by atoms with Gasteiger partial charge in [0.05, 0.1) is 5.56 Å². The maximum atomic E-state index is 12.8. The van der Waals surface area contributed by atoms with Crippen molar-refractivity contribution < 1.29 is 17.6 Å². The molecule has 0 radical (unpaired) electrons. The second-order valence-electron chi connectivity index (χ2n) is 5.06. The molecule has 124 valence electrons. The first kappa shape index (κ1) is 17.0. The molecule has 1 aromatic heterocycles. The molecule has 0 saturated carbocycles. The van der Waals surface area contributed by atoms with Gasteiger partial charge in [-0.3, -0.25) is 0 Å². The van der Waals surface area contributed by atoms with E-state index >= 15 is 0 Å². The minimum atomic E-state index is -4.38. The number of aromatic nitrogens is 1. The van der Waals surface area contributed by atoms with Gasteiger partial charge in [-0.25, -0.2) is 4.98 Å². The SMILES string of the molecule is FC(F)(F)c1cccc(C=C(CBr)c2nc3cc(Cl)ccc3o2)c1. The molecule has 0 aliphatic heterocycles. The van der Waals surface area contributed by atoms with E-state index in [0.717, 1.165) is 12.1 Å². The first-order chi connectivity index (χ1) is 11.4. The van der Waals surface area contributed by atoms with Crippen LogP contribution in [0.2, 0.25) is 5.02 Å². The first-order valence-corrected chi connectivity index (χ1v) is 8.37. The van der Waals surface area contributed by atoms with E-state index in [-0.39, 0.29) is 0 Å². The van der Waals surface area contributed by atoms with Gasteiger partial charge < -0.3 is 4.42 Å². The highest BCUT2D eigenvalue weighted by Crippen LogP contribution is 2.31. The molecule has 0 N–H and O–H groups in total. The number of nitrogens with zero attached hydrogens (tertiary/aromatic N) is 1. The lowest BCUT2D eigenvalue weighted by atomic mass is 10.1. The molecule has 0 amide bonds. The van der Waals surface area contributed by atoms with Crippen LogP contribution in [0.25, 0.3) is 22.7 Å². The van der Waals surface area contributed by atoms with Gasteiger partial charge in [0, 0.05) is 15.9 Å². The van der Waals surface area contributed by atoms with Crippen LogP contribution in [-0.4, -0.2) is 10.3 Å². The van der Waals surface area contributed by atoms with Gasteiger partial charge in [0.15, 0.2) is 5.58 Å². The zero-order chi connectivity index (χ0) is 17.3. The highest BCUT2D eigenvalue weighted by Gasteiger charge is 2.30. The van der Waals surface area contributed by atoms with Crippen molar-refractivity contribution >= 4 is 50.3 Å². The molecular weight excluding hydrogens is 407 g/mol. The molecule has 0 aliphatic rings. The van der Waals surface area contributed by atoms with Crippen LogP contribution in [0.1, 0.15) is 17.0 Å². The van der Waals surface area contributed by atoms with Gasteiger partial charge >= 0.3 is 6.18 Å². The number of alkyl halides is 4. The molecule has 24 heavy (non-hydrogen) atoms. The highest BCUT2D eigenvalue weighted by atomic mass is 79.9. The summed E-state index contributed by atoms with van der Waals surface area (Å²) in [5.74, 6) is 0.335. The largest absolute Gasteiger partial charge is 0.436 e. The molecular formula is C17H10BrClF3NO. The van der Waals surface area contributed by atoms with Gasteiger partial charge in [-0.15, -0.1) is 0 Å². The molecule has 0 spiro atoms. The number of oxazole rings is 1. The fourth-order valence-electron chi connectivity index (χ4n) is 2.20. The van der Waals surface area contributed by atoms with E-state index in [0.29, 0.717) is 38.5 Å². The van der Waals surface area contributed by atoms with Gasteiger partial charge in [0.2, 0.25) is 5.89 Å². The van der Waals surface area contributed by atoms with Crippen LogP contribution >= 0.6 is 27.5 Å². The topological polar surface area (TPSA) is 26.0 Å². The van der Waals surface area contributed by atoms with Crippen LogP contribution in [0.15, 0.2) is 46.9 Å². The van der Waals surface area contributed by atoms with Gasteiger partial charge in [0.25, 0.3) is 0 Å². The number of allylic oxidation sites excluding steroid dienone is 1. The summed E-state index contributed by atoms with van der Waals surface area (Å²) < 4.78 is 44.1. The van der Waals surface area contributed by atoms with E-state index in [1.807, 2.05) is 0 Å². The van der Waals surface area contributed by atoms with Gasteiger partial charge in [-0.2, -0.15) is 13.2 Å². The molecule has 2 nitrogen and oxygen atoms in total. The lowest BCUT2D eigenvalue weighted by Gasteiger charge is -2.07. The maximum Gasteiger partial charge on any atom is 0.416 e. The Morgan fingerprint density at radius 2 is 2.00 bits per heavy atom. The normalized spacial score (nSPS) is 12.8. The molecule has 0 bridgehead atoms. The van der Waals surface area contributed by atoms with Gasteiger partial charge in [-0.1, -0.05) is 39.7 Å². The molecule has 0 atom stereocenters. The highest BCUT2D eigenvalue weighted by molar-refractivity contribution is 9.09. The molecule has 2 aromatic carbocycles. The van der Waals surface area contributed by atoms with Crippen LogP contribution in [0.4, 0.5) is 13.2 Å². The zero-order valence-corrected chi connectivity index (χ0v) is 14.4. The van der Waals surface area contributed by atoms with Crippen molar-refractivity contribution in [3.8, 4) is 0 Å². The predicted octanol–water partition coefficient (Wildman–Crippen LogP) is 6.44. The van der Waals surface area contributed by atoms with Crippen LogP contribution in [0.5, 0.6) is 0 Å². The van der Waals surface area contributed by atoms with E-state index in [9.17, 15) is 13.2 Å². The summed E-state index contributed by atoms with van der Waals surface area (Å²) in [6.45, 7) is 0. The van der Waals surface area contributed by atoms with Crippen molar-refractivity contribution in [1.29, 1.82) is 0 Å². The minimum absolute atomic E-state index is 0.335. The average Bonchev–Trinajstić information content (AvgIpc) is 2.95. The standard InChI is InChI=1S/C17H10BrClF3NO/c18-9-11(6-10-2-1-3-12(7-10)17(20,21)22)16-23-14-8-13(19)4-5-15(14)24-16/h1-8H,9H2. The quantitative estimate of drug-likeness (QED) is 0.460. The third kappa shape index (κ3) is 3.65. The second kappa shape index (κ2) is 6.61. The molecule has 0 unspecified atom stereocenters. The van der Waals surface area contributed by atoms with Crippen LogP contribution in [-0.2, 0) is 6.18 Å². The monoisotopic (exact) mass is 415 g/mol. The molecule has 3 rings (SSSR count). The number of hydrogen-bond acceptors (Lipinski definition) is 2. The van der Waals surface area contributed by atoms with Crippen molar-refractivity contribution in [2.45, 2.75) is 6.18 Å². The Labute approximate surface area is 149 Å². The van der Waals surface area contributed by atoms with Crippen molar-refractivity contribution in [2.75, 3.05) is 5.33 Å². The lowest BCUT2D eigenvalue weighted by molar-refractivity contribution is -0.137. The summed E-state index contributed by atoms with van der Waals surface area (Å²) in [5, 5.41) is 0.911. The fraction of sp³-hybridized carbons (Fsp3) is 0.118. The Morgan fingerprint density at radius 1 is 1.21 bits per heavy atom. The molecule has 0 fully saturated rings. The maximum absolute atomic E-state index is 12.8. The first-order valence-electron chi connectivity index (χ1n) is 6.87. The predicted molar refractivity (Wildman–Crippen MR) is 92.1 cm³/mol. The number of benzene rings is 2. The van der Waals surface area contributed by atoms with Crippen molar-refractivity contribution in [1.82, 2.24) is 4.98 Å². The molecule has 7 heteroatoms. The van der Waals surface area contributed by atoms with Crippen LogP contribution < -0.4 is 0 Å². The number of rotatable bonds is 3. The summed E-state index contributed by atoms with van der Waals surface area (Å²) in [4.78, 5) is 4.34. The van der Waals surface area contributed by atoms with Crippen molar-refractivity contribution in [3.05, 3.63) is 64.5 Å². The van der Waals surface area contributed by atoms with E-state index in [4.69, 9.17) is 16.0 Å². The number of halogens is 5. The molecule has 0 aliphatic carbocycles. The van der Waals surface area contributed by atoms with Gasteiger partial charge in [-0.05, 0) is 42.0 Å². The smallest absolute Gasteiger partial charge is 0.416 e. The van der Waals surface area contributed by atoms with Gasteiger partial charge in [0.1, 0.15) is 5.52 Å². The Bertz CT molecular complexity index is 918. The van der Waals surface area contributed by atoms with Crippen molar-refractivity contribution in [2.24, 2.45) is 0 Å². The molecule has 0 saturated heterocycles. The summed E-state index contributed by atoms with van der Waals surface area (Å²) in [5.41, 5.74) is 1.49. The van der Waals surface area contributed by atoms with E-state index in [1.165, 1.54) is 6.07 Å². The van der Waals surface area contributed by atoms with E-state index < -0.39 is 11.7 Å². The Morgan fingerprint density at radius 3 is 2.71 bits per heavy atom. The van der Waals surface area contributed by atoms with E-state index in [2.05, 4.69) is 20.9 Å². The summed E-state index contributed by atoms with van der Waals surface area (Å²) in [7, 11) is 0. The third-order valence-electron chi connectivity index (χ3n) is 3.32. The van der Waals surface area contributed by atoms with Crippen LogP contribution in [0, 0.1) is 0 Å². The minimum Gasteiger partial charge on any atom is -0.436 e. The molecule has 1 heterocycles. The fourth-order valence-corrected chi connectivity index (χ4v) is 2.77. The molecule has 3 aromatic rings. The third-order valence-corrected chi connectivity index (χ3v) is 4.16. The summed E-state index contributed by atoms with van der Waals surface area (Å²) in [6, 6.07) is 10.1. The summed E-state index contributed by atoms with van der Waals surface area (Å²) >= 11 is 9.24. The Hall–Kier alpha value is -1.79. The number of hydrogen-bond donors (Lipinski definition) is 0. The summed E-state index contributed by atoms with van der Waals surface area (Å²) in [6.07, 6.45) is -2.77.